The lowest BCUT2D eigenvalue weighted by Crippen LogP contribution is -2.25. The van der Waals surface area contributed by atoms with Gasteiger partial charge < -0.3 is 9.30 Å². The summed E-state index contributed by atoms with van der Waals surface area (Å²) in [6.07, 6.45) is 5.33. The van der Waals surface area contributed by atoms with E-state index in [1.54, 1.807) is 60.7 Å². The molecule has 0 atom stereocenters. The second-order valence-electron chi connectivity index (χ2n) is 8.87. The fraction of sp³-hybridized carbons (Fsp3) is 0.214. The Balaban J connectivity index is 1.49. The number of ether oxygens (including phenoxy) is 1. The molecular formula is C28H25BrN2O4S2. The predicted octanol–water partition coefficient (Wildman–Crippen LogP) is 6.99. The molecule has 0 saturated heterocycles. The summed E-state index contributed by atoms with van der Waals surface area (Å²) in [4.78, 5) is 13.0. The molecule has 1 fully saturated rings. The number of carbonyl (C=O) groups excluding carboxylic acids is 1. The smallest absolute Gasteiger partial charge is 0.343 e. The summed E-state index contributed by atoms with van der Waals surface area (Å²) in [5, 5.41) is 1.95. The van der Waals surface area contributed by atoms with Crippen LogP contribution >= 0.6 is 27.3 Å². The van der Waals surface area contributed by atoms with Crippen LogP contribution in [-0.4, -0.2) is 19.0 Å². The zero-order valence-corrected chi connectivity index (χ0v) is 23.1. The second-order valence-corrected chi connectivity index (χ2v) is 12.2. The Bertz CT molecular complexity index is 1550. The molecule has 6 nitrogen and oxygen atoms in total. The van der Waals surface area contributed by atoms with E-state index in [0.717, 1.165) is 41.4 Å². The van der Waals surface area contributed by atoms with Crippen LogP contribution in [0.25, 0.3) is 11.3 Å². The largest absolute Gasteiger partial charge is 0.423 e. The van der Waals surface area contributed by atoms with E-state index < -0.39 is 16.0 Å². The van der Waals surface area contributed by atoms with Gasteiger partial charge in [0.05, 0.1) is 16.2 Å². The molecule has 190 valence electrons. The summed E-state index contributed by atoms with van der Waals surface area (Å²) in [5.74, 6) is 0.0279. The fourth-order valence-corrected chi connectivity index (χ4v) is 6.92. The maximum absolute atomic E-state index is 13.1. The summed E-state index contributed by atoms with van der Waals surface area (Å²) in [6.45, 7) is 0. The third-order valence-electron chi connectivity index (χ3n) is 6.36. The van der Waals surface area contributed by atoms with Gasteiger partial charge in [-0.1, -0.05) is 53.4 Å². The average Bonchev–Trinajstić information content (AvgIpc) is 3.33. The Labute approximate surface area is 228 Å². The minimum Gasteiger partial charge on any atom is -0.423 e. The molecule has 1 heterocycles. The number of sulfonamides is 1. The third kappa shape index (κ3) is 5.95. The summed E-state index contributed by atoms with van der Waals surface area (Å²) in [5.41, 5.74) is 2.30. The molecule has 3 aromatic carbocycles. The first-order valence-electron chi connectivity index (χ1n) is 12.0. The molecule has 1 aliphatic rings. The van der Waals surface area contributed by atoms with Crippen molar-refractivity contribution in [3.63, 3.8) is 0 Å². The van der Waals surface area contributed by atoms with Crippen molar-refractivity contribution >= 4 is 43.3 Å². The number of carbonyl (C=O) groups is 1. The van der Waals surface area contributed by atoms with Crippen molar-refractivity contribution in [1.82, 2.24) is 4.57 Å². The molecule has 0 spiro atoms. The molecule has 1 aromatic heterocycles. The predicted molar refractivity (Wildman–Crippen MR) is 148 cm³/mol. The maximum Gasteiger partial charge on any atom is 0.343 e. The van der Waals surface area contributed by atoms with Gasteiger partial charge in [0.25, 0.3) is 10.0 Å². The third-order valence-corrected chi connectivity index (χ3v) is 9.13. The minimum atomic E-state index is -3.87. The summed E-state index contributed by atoms with van der Waals surface area (Å²) >= 11 is 4.67. The lowest BCUT2D eigenvalue weighted by Gasteiger charge is -2.25. The van der Waals surface area contributed by atoms with Gasteiger partial charge in [0, 0.05) is 15.9 Å². The van der Waals surface area contributed by atoms with Gasteiger partial charge in [0.15, 0.2) is 0 Å². The van der Waals surface area contributed by atoms with Gasteiger partial charge in [-0.3, -0.25) is 0 Å². The number of hydrogen-bond donors (Lipinski definition) is 0. The maximum atomic E-state index is 13.1. The van der Waals surface area contributed by atoms with E-state index in [9.17, 15) is 13.2 Å². The number of halogens is 1. The molecule has 0 radical (unpaired) electrons. The average molecular weight is 598 g/mol. The van der Waals surface area contributed by atoms with Gasteiger partial charge in [-0.15, -0.1) is 15.7 Å². The van der Waals surface area contributed by atoms with Gasteiger partial charge in [0.1, 0.15) is 5.75 Å². The first-order valence-corrected chi connectivity index (χ1v) is 15.2. The normalized spacial score (nSPS) is 15.0. The van der Waals surface area contributed by atoms with Crippen LogP contribution < -0.4 is 9.54 Å². The first-order chi connectivity index (χ1) is 17.9. The Morgan fingerprint density at radius 3 is 2.27 bits per heavy atom. The molecule has 0 N–H and O–H groups in total. The second kappa shape index (κ2) is 11.2. The molecule has 0 unspecified atom stereocenters. The Morgan fingerprint density at radius 2 is 1.59 bits per heavy atom. The highest BCUT2D eigenvalue weighted by Crippen LogP contribution is 2.33. The number of rotatable bonds is 6. The lowest BCUT2D eigenvalue weighted by atomic mass is 9.95. The SMILES string of the molecule is O=C(Oc1ccc(-c2csc(=NS(=O)(=O)c3ccc(Br)cc3)n2C2CCCCC2)cc1)c1ccccc1. The molecule has 9 heteroatoms. The first kappa shape index (κ1) is 25.6. The standard InChI is InChI=1S/C28H25BrN2O4S2/c29-22-13-17-25(18-14-22)37(33,34)30-28-31(23-9-5-2-6-10-23)26(19-36-28)20-11-15-24(16-12-20)35-27(32)21-7-3-1-4-8-21/h1,3-4,7-8,11-19,23H,2,5-6,9-10H2. The highest BCUT2D eigenvalue weighted by molar-refractivity contribution is 9.10. The van der Waals surface area contributed by atoms with E-state index in [1.807, 2.05) is 23.6 Å². The van der Waals surface area contributed by atoms with Crippen LogP contribution in [-0.2, 0) is 10.0 Å². The number of aromatic nitrogens is 1. The van der Waals surface area contributed by atoms with Crippen molar-refractivity contribution in [3.05, 3.63) is 99.1 Å². The molecule has 0 bridgehead atoms. The Morgan fingerprint density at radius 1 is 0.919 bits per heavy atom. The zero-order chi connectivity index (χ0) is 25.8. The Kier molecular flexibility index (Phi) is 7.73. The van der Waals surface area contributed by atoms with Crippen molar-refractivity contribution in [2.24, 2.45) is 4.40 Å². The molecule has 37 heavy (non-hydrogen) atoms. The molecule has 4 aromatic rings. The van der Waals surface area contributed by atoms with Gasteiger partial charge in [-0.05, 0) is 79.1 Å². The quantitative estimate of drug-likeness (QED) is 0.177. The van der Waals surface area contributed by atoms with Crippen LogP contribution in [0.4, 0.5) is 0 Å². The molecular weight excluding hydrogens is 572 g/mol. The minimum absolute atomic E-state index is 0.158. The summed E-state index contributed by atoms with van der Waals surface area (Å²) in [6, 6.07) is 22.8. The number of thiazole rings is 1. The lowest BCUT2D eigenvalue weighted by molar-refractivity contribution is 0.0734. The summed E-state index contributed by atoms with van der Waals surface area (Å²) < 4.78 is 38.9. The van der Waals surface area contributed by atoms with Gasteiger partial charge >= 0.3 is 5.97 Å². The Hall–Kier alpha value is -3.01. The molecule has 1 saturated carbocycles. The van der Waals surface area contributed by atoms with Crippen molar-refractivity contribution in [3.8, 4) is 17.0 Å². The topological polar surface area (TPSA) is 77.7 Å². The van der Waals surface area contributed by atoms with E-state index >= 15 is 0 Å². The van der Waals surface area contributed by atoms with Crippen LogP contribution in [0.3, 0.4) is 0 Å². The van der Waals surface area contributed by atoms with Crippen molar-refractivity contribution in [2.45, 2.75) is 43.0 Å². The van der Waals surface area contributed by atoms with Crippen LogP contribution in [0.5, 0.6) is 5.75 Å². The summed E-state index contributed by atoms with van der Waals surface area (Å²) in [7, 11) is -3.87. The van der Waals surface area contributed by atoms with Crippen LogP contribution in [0.15, 0.2) is 98.0 Å². The molecule has 0 aliphatic heterocycles. The van der Waals surface area contributed by atoms with Gasteiger partial charge in [-0.2, -0.15) is 8.42 Å². The van der Waals surface area contributed by atoms with E-state index in [0.29, 0.717) is 16.1 Å². The highest BCUT2D eigenvalue weighted by Gasteiger charge is 2.22. The zero-order valence-electron chi connectivity index (χ0n) is 19.9. The van der Waals surface area contributed by atoms with E-state index in [2.05, 4.69) is 24.9 Å². The monoisotopic (exact) mass is 596 g/mol. The fourth-order valence-electron chi connectivity index (χ4n) is 4.49. The van der Waals surface area contributed by atoms with Gasteiger partial charge in [-0.25, -0.2) is 4.79 Å². The van der Waals surface area contributed by atoms with E-state index in [4.69, 9.17) is 4.74 Å². The van der Waals surface area contributed by atoms with Crippen molar-refractivity contribution < 1.29 is 17.9 Å². The van der Waals surface area contributed by atoms with Crippen molar-refractivity contribution in [1.29, 1.82) is 0 Å². The van der Waals surface area contributed by atoms with Crippen molar-refractivity contribution in [2.75, 3.05) is 0 Å². The number of hydrogen-bond acceptors (Lipinski definition) is 5. The van der Waals surface area contributed by atoms with E-state index in [1.165, 1.54) is 17.8 Å². The number of nitrogens with zero attached hydrogens (tertiary/aromatic N) is 2. The van der Waals surface area contributed by atoms with Gasteiger partial charge in [0.2, 0.25) is 4.80 Å². The highest BCUT2D eigenvalue weighted by atomic mass is 79.9. The number of esters is 1. The number of benzene rings is 3. The molecule has 1 aliphatic carbocycles. The van der Waals surface area contributed by atoms with Crippen LogP contribution in [0.1, 0.15) is 48.5 Å². The molecule has 0 amide bonds. The van der Waals surface area contributed by atoms with Crippen LogP contribution in [0, 0.1) is 0 Å². The van der Waals surface area contributed by atoms with Crippen LogP contribution in [0.2, 0.25) is 0 Å². The molecule has 5 rings (SSSR count). The van der Waals surface area contributed by atoms with E-state index in [-0.39, 0.29) is 10.9 Å².